The van der Waals surface area contributed by atoms with E-state index in [1.807, 2.05) is 43.3 Å². The molecule has 0 radical (unpaired) electrons. The molecule has 1 aliphatic heterocycles. The maximum Gasteiger partial charge on any atom is 0.248 e. The largest absolute Gasteiger partial charge is 0.338 e. The lowest BCUT2D eigenvalue weighted by atomic mass is 10.2. The molecule has 1 saturated heterocycles. The van der Waals surface area contributed by atoms with Gasteiger partial charge in [-0.1, -0.05) is 24.3 Å². The molecule has 1 aromatic heterocycles. The Kier molecular flexibility index (Phi) is 8.02. The third-order valence-electron chi connectivity index (χ3n) is 5.50. The molecule has 2 heterocycles. The quantitative estimate of drug-likeness (QED) is 0.363. The van der Waals surface area contributed by atoms with Gasteiger partial charge in [0.25, 0.3) is 0 Å². The summed E-state index contributed by atoms with van der Waals surface area (Å²) in [5.74, 6) is -0.454. The van der Waals surface area contributed by atoms with Crippen molar-refractivity contribution in [3.63, 3.8) is 0 Å². The van der Waals surface area contributed by atoms with Crippen LogP contribution in [0.1, 0.15) is 12.5 Å². The van der Waals surface area contributed by atoms with Crippen LogP contribution in [0, 0.1) is 12.7 Å². The zero-order valence-corrected chi connectivity index (χ0v) is 19.9. The summed E-state index contributed by atoms with van der Waals surface area (Å²) in [6.45, 7) is 7.75. The standard InChI is InChI=1S/C26H30FN7O/c1-18-6-3-7-20(14-18)31-25-23(27)16-29-26(33-25)32-22-9-4-8-21(15-22)30-24(35)10-5-12-34-13-11-28-19(2)17-34/h3-10,14-16,19,28H,11-13,17H2,1-2H3,(H,30,35)(H2,29,31,32,33). The molecule has 0 aliphatic carbocycles. The van der Waals surface area contributed by atoms with Crippen molar-refractivity contribution >= 4 is 34.7 Å². The lowest BCUT2D eigenvalue weighted by molar-refractivity contribution is -0.111. The minimum absolute atomic E-state index is 0.0709. The molecule has 9 heteroatoms. The predicted octanol–water partition coefficient (Wildman–Crippen LogP) is 4.20. The Morgan fingerprint density at radius 1 is 1.17 bits per heavy atom. The Hall–Kier alpha value is -3.82. The van der Waals surface area contributed by atoms with E-state index in [0.717, 1.165) is 43.6 Å². The van der Waals surface area contributed by atoms with Crippen molar-refractivity contribution < 1.29 is 9.18 Å². The monoisotopic (exact) mass is 475 g/mol. The van der Waals surface area contributed by atoms with Crippen LogP contribution in [-0.2, 0) is 4.79 Å². The maximum absolute atomic E-state index is 14.3. The highest BCUT2D eigenvalue weighted by atomic mass is 19.1. The number of nitrogens with one attached hydrogen (secondary N) is 4. The van der Waals surface area contributed by atoms with Gasteiger partial charge in [0.1, 0.15) is 0 Å². The number of rotatable bonds is 8. The number of amides is 1. The Morgan fingerprint density at radius 3 is 2.74 bits per heavy atom. The third-order valence-corrected chi connectivity index (χ3v) is 5.50. The number of carbonyl (C=O) groups is 1. The lowest BCUT2D eigenvalue weighted by Gasteiger charge is -2.30. The van der Waals surface area contributed by atoms with Gasteiger partial charge in [0, 0.05) is 55.4 Å². The number of piperazine rings is 1. The number of benzene rings is 2. The molecule has 8 nitrogen and oxygen atoms in total. The van der Waals surface area contributed by atoms with Gasteiger partial charge in [0.15, 0.2) is 11.6 Å². The number of anilines is 5. The molecule has 1 fully saturated rings. The lowest BCUT2D eigenvalue weighted by Crippen LogP contribution is -2.49. The van der Waals surface area contributed by atoms with Crippen LogP contribution in [0.4, 0.5) is 33.2 Å². The number of halogens is 1. The second kappa shape index (κ2) is 11.5. The Labute approximate surface area is 204 Å². The highest BCUT2D eigenvalue weighted by Gasteiger charge is 2.14. The number of nitrogens with zero attached hydrogens (tertiary/aromatic N) is 3. The Balaban J connectivity index is 1.35. The van der Waals surface area contributed by atoms with Gasteiger partial charge >= 0.3 is 0 Å². The number of hydrogen-bond donors (Lipinski definition) is 4. The fourth-order valence-electron chi connectivity index (χ4n) is 3.85. The molecule has 2 aromatic carbocycles. The average molecular weight is 476 g/mol. The average Bonchev–Trinajstić information content (AvgIpc) is 2.82. The normalized spacial score (nSPS) is 16.3. The molecular formula is C26H30FN7O. The first-order valence-electron chi connectivity index (χ1n) is 11.6. The molecule has 4 N–H and O–H groups in total. The molecule has 35 heavy (non-hydrogen) atoms. The first-order chi connectivity index (χ1) is 16.9. The van der Waals surface area contributed by atoms with Gasteiger partial charge in [-0.25, -0.2) is 9.37 Å². The predicted molar refractivity (Wildman–Crippen MR) is 138 cm³/mol. The molecule has 1 unspecified atom stereocenters. The van der Waals surface area contributed by atoms with Crippen LogP contribution >= 0.6 is 0 Å². The first kappa shape index (κ1) is 24.3. The van der Waals surface area contributed by atoms with E-state index in [1.54, 1.807) is 24.3 Å². The molecule has 1 atom stereocenters. The fourth-order valence-corrected chi connectivity index (χ4v) is 3.85. The molecule has 1 aliphatic rings. The van der Waals surface area contributed by atoms with E-state index in [-0.39, 0.29) is 17.7 Å². The fraction of sp³-hybridized carbons (Fsp3) is 0.269. The number of carbonyl (C=O) groups excluding carboxylic acids is 1. The second-order valence-corrected chi connectivity index (χ2v) is 8.60. The van der Waals surface area contributed by atoms with Gasteiger partial charge < -0.3 is 21.3 Å². The third kappa shape index (κ3) is 7.33. The SMILES string of the molecule is Cc1cccc(Nc2nc(Nc3cccc(NC(=O)C=CCN4CCNC(C)C4)c3)ncc2F)c1. The van der Waals surface area contributed by atoms with Crippen molar-refractivity contribution in [1.82, 2.24) is 20.2 Å². The van der Waals surface area contributed by atoms with Crippen molar-refractivity contribution in [2.24, 2.45) is 0 Å². The van der Waals surface area contributed by atoms with Crippen LogP contribution in [0.2, 0.25) is 0 Å². The summed E-state index contributed by atoms with van der Waals surface area (Å²) < 4.78 is 14.3. The van der Waals surface area contributed by atoms with E-state index in [4.69, 9.17) is 0 Å². The summed E-state index contributed by atoms with van der Waals surface area (Å²) in [4.78, 5) is 22.9. The van der Waals surface area contributed by atoms with Crippen LogP contribution in [0.5, 0.6) is 0 Å². The van der Waals surface area contributed by atoms with Gasteiger partial charge in [-0.15, -0.1) is 0 Å². The summed E-state index contributed by atoms with van der Waals surface area (Å²) in [6.07, 6.45) is 4.55. The van der Waals surface area contributed by atoms with Crippen molar-refractivity contribution in [3.05, 3.63) is 78.3 Å². The second-order valence-electron chi connectivity index (χ2n) is 8.60. The molecule has 0 saturated carbocycles. The van der Waals surface area contributed by atoms with Crippen LogP contribution in [0.3, 0.4) is 0 Å². The molecule has 0 bridgehead atoms. The Bertz CT molecular complexity index is 1200. The molecular weight excluding hydrogens is 445 g/mol. The Morgan fingerprint density at radius 2 is 1.94 bits per heavy atom. The zero-order valence-electron chi connectivity index (χ0n) is 19.9. The summed E-state index contributed by atoms with van der Waals surface area (Å²) in [5, 5.41) is 12.3. The highest BCUT2D eigenvalue weighted by molar-refractivity contribution is 5.99. The summed E-state index contributed by atoms with van der Waals surface area (Å²) in [6, 6.07) is 15.2. The van der Waals surface area contributed by atoms with E-state index < -0.39 is 5.82 Å². The van der Waals surface area contributed by atoms with Gasteiger partial charge in [0.2, 0.25) is 11.9 Å². The number of hydrogen-bond acceptors (Lipinski definition) is 7. The molecule has 182 valence electrons. The van der Waals surface area contributed by atoms with Crippen LogP contribution in [0.25, 0.3) is 0 Å². The van der Waals surface area contributed by atoms with Crippen LogP contribution in [0.15, 0.2) is 66.9 Å². The van der Waals surface area contributed by atoms with E-state index in [2.05, 4.69) is 43.1 Å². The van der Waals surface area contributed by atoms with Crippen molar-refractivity contribution in [3.8, 4) is 0 Å². The van der Waals surface area contributed by atoms with Crippen molar-refractivity contribution in [1.29, 1.82) is 0 Å². The molecule has 1 amide bonds. The van der Waals surface area contributed by atoms with Gasteiger partial charge in [-0.05, 0) is 49.7 Å². The van der Waals surface area contributed by atoms with Gasteiger partial charge in [0.05, 0.1) is 6.20 Å². The molecule has 3 aromatic rings. The van der Waals surface area contributed by atoms with E-state index in [0.29, 0.717) is 17.4 Å². The van der Waals surface area contributed by atoms with Crippen molar-refractivity contribution in [2.45, 2.75) is 19.9 Å². The number of aromatic nitrogens is 2. The summed E-state index contributed by atoms with van der Waals surface area (Å²) in [7, 11) is 0. The van der Waals surface area contributed by atoms with Gasteiger partial charge in [-0.3, -0.25) is 9.69 Å². The maximum atomic E-state index is 14.3. The topological polar surface area (TPSA) is 94.2 Å². The first-order valence-corrected chi connectivity index (χ1v) is 11.6. The molecule has 0 spiro atoms. The smallest absolute Gasteiger partial charge is 0.248 e. The van der Waals surface area contributed by atoms with Crippen LogP contribution < -0.4 is 21.3 Å². The zero-order chi connectivity index (χ0) is 24.6. The molecule has 4 rings (SSSR count). The van der Waals surface area contributed by atoms with E-state index in [9.17, 15) is 9.18 Å². The van der Waals surface area contributed by atoms with Crippen molar-refractivity contribution in [2.75, 3.05) is 42.1 Å². The highest BCUT2D eigenvalue weighted by Crippen LogP contribution is 2.22. The minimum Gasteiger partial charge on any atom is -0.338 e. The number of aryl methyl sites for hydroxylation is 1. The minimum atomic E-state index is -0.555. The summed E-state index contributed by atoms with van der Waals surface area (Å²) >= 11 is 0. The van der Waals surface area contributed by atoms with E-state index >= 15 is 0 Å². The summed E-state index contributed by atoms with van der Waals surface area (Å²) in [5.41, 5.74) is 3.07. The van der Waals surface area contributed by atoms with E-state index in [1.165, 1.54) is 0 Å². The van der Waals surface area contributed by atoms with Gasteiger partial charge in [-0.2, -0.15) is 4.98 Å². The van der Waals surface area contributed by atoms with Crippen LogP contribution in [-0.4, -0.2) is 53.0 Å².